The van der Waals surface area contributed by atoms with Crippen molar-refractivity contribution in [3.63, 3.8) is 0 Å². The molecule has 0 amide bonds. The Balaban J connectivity index is 2.26. The topological polar surface area (TPSA) is 47.6 Å². The second kappa shape index (κ2) is 4.73. The van der Waals surface area contributed by atoms with Crippen LogP contribution < -0.4 is 0 Å². The summed E-state index contributed by atoms with van der Waals surface area (Å²) in [6.07, 6.45) is 5.19. The van der Waals surface area contributed by atoms with Crippen molar-refractivity contribution in [2.75, 3.05) is 0 Å². The van der Waals surface area contributed by atoms with Gasteiger partial charge in [0, 0.05) is 10.4 Å². The van der Waals surface area contributed by atoms with E-state index in [-0.39, 0.29) is 5.92 Å². The van der Waals surface area contributed by atoms with E-state index in [9.17, 15) is 10.5 Å². The molecule has 1 unspecified atom stereocenters. The Bertz CT molecular complexity index is 520. The van der Waals surface area contributed by atoms with Crippen LogP contribution in [0, 0.1) is 34.0 Å². The van der Waals surface area contributed by atoms with Crippen LogP contribution in [0.4, 0.5) is 0 Å². The number of hydrogen-bond acceptors (Lipinski definition) is 2. The number of benzene rings is 1. The van der Waals surface area contributed by atoms with Gasteiger partial charge in [0.15, 0.2) is 5.41 Å². The number of hydrogen-bond donors (Lipinski definition) is 0. The lowest BCUT2D eigenvalue weighted by Gasteiger charge is -2.21. The maximum absolute atomic E-state index is 9.21. The highest BCUT2D eigenvalue weighted by Crippen LogP contribution is 2.40. The van der Waals surface area contributed by atoms with Crippen LogP contribution in [0.3, 0.4) is 0 Å². The molecule has 0 spiro atoms. The number of allylic oxidation sites excluding steroid dienone is 2. The molecule has 84 valence electrons. The van der Waals surface area contributed by atoms with E-state index in [1.165, 1.54) is 0 Å². The fraction of sp³-hybridized carbons (Fsp3) is 0.286. The highest BCUT2D eigenvalue weighted by molar-refractivity contribution is 9.10. The molecule has 0 bridgehead atoms. The summed E-state index contributed by atoms with van der Waals surface area (Å²) < 4.78 is 1.03. The molecular weight excluding hydrogens is 276 g/mol. The molecule has 0 aliphatic heterocycles. The Hall–Kier alpha value is -1.58. The summed E-state index contributed by atoms with van der Waals surface area (Å²) in [7, 11) is 0. The van der Waals surface area contributed by atoms with E-state index in [1.54, 1.807) is 0 Å². The zero-order valence-electron chi connectivity index (χ0n) is 9.23. The molecule has 1 aromatic rings. The second-order valence-corrected chi connectivity index (χ2v) is 5.08. The third-order valence-corrected chi connectivity index (χ3v) is 4.01. The van der Waals surface area contributed by atoms with Crippen molar-refractivity contribution in [2.45, 2.75) is 12.8 Å². The van der Waals surface area contributed by atoms with Gasteiger partial charge in [-0.3, -0.25) is 0 Å². The van der Waals surface area contributed by atoms with Crippen molar-refractivity contribution in [1.29, 1.82) is 10.5 Å². The van der Waals surface area contributed by atoms with Gasteiger partial charge in [0.1, 0.15) is 0 Å². The molecule has 1 atom stereocenters. The quantitative estimate of drug-likeness (QED) is 0.780. The Morgan fingerprint density at radius 1 is 1.29 bits per heavy atom. The molecule has 17 heavy (non-hydrogen) atoms. The van der Waals surface area contributed by atoms with Gasteiger partial charge in [-0.2, -0.15) is 10.5 Å². The van der Waals surface area contributed by atoms with Gasteiger partial charge in [-0.25, -0.2) is 0 Å². The van der Waals surface area contributed by atoms with Crippen LogP contribution in [-0.2, 0) is 6.42 Å². The minimum absolute atomic E-state index is 0.0174. The molecule has 1 aliphatic carbocycles. The van der Waals surface area contributed by atoms with E-state index in [1.807, 2.05) is 36.4 Å². The Morgan fingerprint density at radius 2 is 2.00 bits per heavy atom. The molecule has 0 saturated heterocycles. The van der Waals surface area contributed by atoms with Crippen molar-refractivity contribution in [3.05, 3.63) is 46.5 Å². The molecule has 0 radical (unpaired) electrons. The first-order valence-corrected chi connectivity index (χ1v) is 6.24. The van der Waals surface area contributed by atoms with E-state index in [2.05, 4.69) is 28.1 Å². The lowest BCUT2D eigenvalue weighted by atomic mass is 9.77. The van der Waals surface area contributed by atoms with Crippen LogP contribution in [-0.4, -0.2) is 0 Å². The van der Waals surface area contributed by atoms with Gasteiger partial charge in [-0.05, 0) is 24.5 Å². The SMILES string of the molecule is N#CC1(C#N)CC=CC1Cc1ccccc1Br. The lowest BCUT2D eigenvalue weighted by molar-refractivity contribution is 0.408. The van der Waals surface area contributed by atoms with Gasteiger partial charge < -0.3 is 0 Å². The van der Waals surface area contributed by atoms with Crippen LogP contribution in [0.1, 0.15) is 12.0 Å². The van der Waals surface area contributed by atoms with E-state index >= 15 is 0 Å². The van der Waals surface area contributed by atoms with Gasteiger partial charge in [0.05, 0.1) is 12.1 Å². The molecule has 0 fully saturated rings. The predicted octanol–water partition coefficient (Wildman–Crippen LogP) is 3.60. The predicted molar refractivity (Wildman–Crippen MR) is 68.8 cm³/mol. The zero-order valence-corrected chi connectivity index (χ0v) is 10.8. The zero-order chi connectivity index (χ0) is 12.3. The van der Waals surface area contributed by atoms with Crippen molar-refractivity contribution in [2.24, 2.45) is 11.3 Å². The first kappa shape index (κ1) is 11.9. The third kappa shape index (κ3) is 2.12. The first-order chi connectivity index (χ1) is 8.22. The van der Waals surface area contributed by atoms with Crippen molar-refractivity contribution >= 4 is 15.9 Å². The minimum atomic E-state index is -0.880. The summed E-state index contributed by atoms with van der Waals surface area (Å²) in [5.74, 6) is -0.0174. The number of nitrogens with zero attached hydrogens (tertiary/aromatic N) is 2. The van der Waals surface area contributed by atoms with Crippen LogP contribution in [0.5, 0.6) is 0 Å². The average Bonchev–Trinajstić information content (AvgIpc) is 2.75. The minimum Gasteiger partial charge on any atom is -0.197 e. The summed E-state index contributed by atoms with van der Waals surface area (Å²) in [5, 5.41) is 18.4. The molecule has 2 nitrogen and oxygen atoms in total. The summed E-state index contributed by atoms with van der Waals surface area (Å²) in [6.45, 7) is 0. The van der Waals surface area contributed by atoms with Crippen LogP contribution in [0.25, 0.3) is 0 Å². The molecule has 0 saturated carbocycles. The van der Waals surface area contributed by atoms with Gasteiger partial charge in [0.25, 0.3) is 0 Å². The summed E-state index contributed by atoms with van der Waals surface area (Å²) in [6, 6.07) is 12.3. The van der Waals surface area contributed by atoms with Crippen molar-refractivity contribution in [1.82, 2.24) is 0 Å². The summed E-state index contributed by atoms with van der Waals surface area (Å²) in [4.78, 5) is 0. The highest BCUT2D eigenvalue weighted by atomic mass is 79.9. The smallest absolute Gasteiger partial charge is 0.153 e. The molecular formula is C14H11BrN2. The molecule has 3 heteroatoms. The van der Waals surface area contributed by atoms with E-state index in [4.69, 9.17) is 0 Å². The summed E-state index contributed by atoms with van der Waals surface area (Å²) >= 11 is 3.50. The molecule has 2 rings (SSSR count). The monoisotopic (exact) mass is 286 g/mol. The Labute approximate surface area is 109 Å². The molecule has 0 N–H and O–H groups in total. The number of rotatable bonds is 2. The Morgan fingerprint density at radius 3 is 2.65 bits per heavy atom. The van der Waals surface area contributed by atoms with Crippen LogP contribution in [0.15, 0.2) is 40.9 Å². The number of nitriles is 2. The van der Waals surface area contributed by atoms with Gasteiger partial charge in [-0.1, -0.05) is 46.3 Å². The summed E-state index contributed by atoms with van der Waals surface area (Å²) in [5.41, 5.74) is 0.258. The van der Waals surface area contributed by atoms with E-state index in [0.717, 1.165) is 16.5 Å². The molecule has 1 aliphatic rings. The lowest BCUT2D eigenvalue weighted by Crippen LogP contribution is -2.24. The van der Waals surface area contributed by atoms with Gasteiger partial charge in [0.2, 0.25) is 0 Å². The van der Waals surface area contributed by atoms with E-state index < -0.39 is 5.41 Å². The van der Waals surface area contributed by atoms with Crippen LogP contribution in [0.2, 0.25) is 0 Å². The first-order valence-electron chi connectivity index (χ1n) is 5.44. The van der Waals surface area contributed by atoms with E-state index in [0.29, 0.717) is 6.42 Å². The third-order valence-electron chi connectivity index (χ3n) is 3.24. The average molecular weight is 287 g/mol. The Kier molecular flexibility index (Phi) is 3.31. The fourth-order valence-corrected chi connectivity index (χ4v) is 2.61. The molecule has 1 aromatic carbocycles. The fourth-order valence-electron chi connectivity index (χ4n) is 2.16. The maximum Gasteiger partial charge on any atom is 0.153 e. The number of halogens is 1. The largest absolute Gasteiger partial charge is 0.197 e. The highest BCUT2D eigenvalue weighted by Gasteiger charge is 2.40. The standard InChI is InChI=1S/C14H11BrN2/c15-13-6-2-1-4-11(13)8-12-5-3-7-14(12,9-16)10-17/h1-6,12H,7-8H2. The normalized spacial score (nSPS) is 20.8. The molecule has 0 aromatic heterocycles. The van der Waals surface area contributed by atoms with Crippen molar-refractivity contribution in [3.8, 4) is 12.1 Å². The second-order valence-electron chi connectivity index (χ2n) is 4.23. The van der Waals surface area contributed by atoms with Gasteiger partial charge >= 0.3 is 0 Å². The molecule has 0 heterocycles. The van der Waals surface area contributed by atoms with Gasteiger partial charge in [-0.15, -0.1) is 0 Å². The maximum atomic E-state index is 9.21. The van der Waals surface area contributed by atoms with Crippen LogP contribution >= 0.6 is 15.9 Å². The van der Waals surface area contributed by atoms with Crippen molar-refractivity contribution < 1.29 is 0 Å².